The van der Waals surface area contributed by atoms with Crippen LogP contribution in [-0.2, 0) is 23.1 Å². The van der Waals surface area contributed by atoms with Gasteiger partial charge in [-0.2, -0.15) is 0 Å². The van der Waals surface area contributed by atoms with E-state index in [0.29, 0.717) is 32.6 Å². The summed E-state index contributed by atoms with van der Waals surface area (Å²) in [6.45, 7) is 3.68. The molecule has 1 fully saturated rings. The lowest BCUT2D eigenvalue weighted by Gasteiger charge is -2.31. The second-order valence-corrected chi connectivity index (χ2v) is 4.98. The molecule has 100 valence electrons. The van der Waals surface area contributed by atoms with Crippen molar-refractivity contribution < 1.29 is 9.53 Å². The number of carbonyl (C=O) groups is 1. The van der Waals surface area contributed by atoms with Gasteiger partial charge in [0.05, 0.1) is 12.1 Å². The van der Waals surface area contributed by atoms with Crippen LogP contribution in [0.4, 0.5) is 0 Å². The highest BCUT2D eigenvalue weighted by Gasteiger charge is 2.35. The SMILES string of the molecule is Cc1ccc(CNC(=O)C2(N)CCOCC2)n1C. The number of ether oxygens (including phenoxy) is 1. The average molecular weight is 251 g/mol. The number of aromatic nitrogens is 1. The number of nitrogens with one attached hydrogen (secondary N) is 1. The molecule has 1 aromatic heterocycles. The molecule has 1 aliphatic heterocycles. The quantitative estimate of drug-likeness (QED) is 0.820. The average Bonchev–Trinajstić information content (AvgIpc) is 2.68. The molecule has 1 amide bonds. The van der Waals surface area contributed by atoms with Crippen LogP contribution in [-0.4, -0.2) is 29.2 Å². The van der Waals surface area contributed by atoms with E-state index in [0.717, 1.165) is 5.69 Å². The fourth-order valence-corrected chi connectivity index (χ4v) is 2.15. The molecule has 0 bridgehead atoms. The first-order valence-electron chi connectivity index (χ1n) is 6.29. The Morgan fingerprint density at radius 1 is 1.50 bits per heavy atom. The van der Waals surface area contributed by atoms with Crippen molar-refractivity contribution in [3.63, 3.8) is 0 Å². The van der Waals surface area contributed by atoms with Crippen LogP contribution in [0.2, 0.25) is 0 Å². The van der Waals surface area contributed by atoms with Crippen molar-refractivity contribution in [1.29, 1.82) is 0 Å². The van der Waals surface area contributed by atoms with Gasteiger partial charge in [-0.3, -0.25) is 4.79 Å². The van der Waals surface area contributed by atoms with Crippen LogP contribution in [0.15, 0.2) is 12.1 Å². The molecule has 0 spiro atoms. The summed E-state index contributed by atoms with van der Waals surface area (Å²) in [4.78, 5) is 12.1. The number of nitrogens with two attached hydrogens (primary N) is 1. The van der Waals surface area contributed by atoms with E-state index < -0.39 is 5.54 Å². The second-order valence-electron chi connectivity index (χ2n) is 4.98. The topological polar surface area (TPSA) is 69.3 Å². The van der Waals surface area contributed by atoms with Gasteiger partial charge in [0.1, 0.15) is 0 Å². The Bertz CT molecular complexity index is 433. The predicted molar refractivity (Wildman–Crippen MR) is 69.0 cm³/mol. The first-order chi connectivity index (χ1) is 8.53. The zero-order chi connectivity index (χ0) is 13.2. The standard InChI is InChI=1S/C13H21N3O2/c1-10-3-4-11(16(10)2)9-15-12(17)13(14)5-7-18-8-6-13/h3-4H,5-9,14H2,1-2H3,(H,15,17). The van der Waals surface area contributed by atoms with Gasteiger partial charge in [0.25, 0.3) is 0 Å². The van der Waals surface area contributed by atoms with Crippen LogP contribution in [0, 0.1) is 6.92 Å². The van der Waals surface area contributed by atoms with Gasteiger partial charge in [-0.1, -0.05) is 0 Å². The lowest BCUT2D eigenvalue weighted by atomic mass is 9.90. The summed E-state index contributed by atoms with van der Waals surface area (Å²) in [5, 5.41) is 2.92. The number of amides is 1. The molecule has 5 heteroatoms. The predicted octanol–water partition coefficient (Wildman–Crippen LogP) is 0.458. The van der Waals surface area contributed by atoms with E-state index in [1.54, 1.807) is 0 Å². The molecule has 18 heavy (non-hydrogen) atoms. The molecule has 0 aromatic carbocycles. The van der Waals surface area contributed by atoms with Crippen molar-refractivity contribution in [2.24, 2.45) is 12.8 Å². The third-order valence-corrected chi connectivity index (χ3v) is 3.74. The maximum absolute atomic E-state index is 12.1. The maximum atomic E-state index is 12.1. The van der Waals surface area contributed by atoms with E-state index in [-0.39, 0.29) is 5.91 Å². The molecule has 1 saturated heterocycles. The normalized spacial score (nSPS) is 18.6. The van der Waals surface area contributed by atoms with Crippen molar-refractivity contribution in [2.75, 3.05) is 13.2 Å². The third kappa shape index (κ3) is 2.57. The summed E-state index contributed by atoms with van der Waals surface area (Å²) in [7, 11) is 1.99. The van der Waals surface area contributed by atoms with Crippen molar-refractivity contribution in [2.45, 2.75) is 31.8 Å². The van der Waals surface area contributed by atoms with Crippen LogP contribution in [0.5, 0.6) is 0 Å². The van der Waals surface area contributed by atoms with Crippen molar-refractivity contribution in [3.05, 3.63) is 23.5 Å². The minimum atomic E-state index is -0.765. The minimum absolute atomic E-state index is 0.0790. The van der Waals surface area contributed by atoms with E-state index >= 15 is 0 Å². The number of nitrogens with zero attached hydrogens (tertiary/aromatic N) is 1. The molecule has 0 aliphatic carbocycles. The summed E-state index contributed by atoms with van der Waals surface area (Å²) in [5.74, 6) is -0.0790. The third-order valence-electron chi connectivity index (χ3n) is 3.74. The van der Waals surface area contributed by atoms with Crippen molar-refractivity contribution >= 4 is 5.91 Å². The lowest BCUT2D eigenvalue weighted by Crippen LogP contribution is -2.56. The lowest BCUT2D eigenvalue weighted by molar-refractivity contribution is -0.129. The molecule has 3 N–H and O–H groups in total. The van der Waals surface area contributed by atoms with Gasteiger partial charge in [-0.05, 0) is 31.9 Å². The number of hydrogen-bond acceptors (Lipinski definition) is 3. The smallest absolute Gasteiger partial charge is 0.240 e. The molecule has 0 radical (unpaired) electrons. The van der Waals surface area contributed by atoms with Crippen molar-refractivity contribution in [1.82, 2.24) is 9.88 Å². The van der Waals surface area contributed by atoms with Crippen LogP contribution in [0.3, 0.4) is 0 Å². The van der Waals surface area contributed by atoms with Gasteiger partial charge in [0, 0.05) is 31.6 Å². The van der Waals surface area contributed by atoms with E-state index in [4.69, 9.17) is 10.5 Å². The molecule has 0 atom stereocenters. The van der Waals surface area contributed by atoms with Gasteiger partial charge in [-0.15, -0.1) is 0 Å². The zero-order valence-corrected chi connectivity index (χ0v) is 11.0. The summed E-state index contributed by atoms with van der Waals surface area (Å²) in [6, 6.07) is 4.05. The Balaban J connectivity index is 1.93. The first-order valence-corrected chi connectivity index (χ1v) is 6.29. The fraction of sp³-hybridized carbons (Fsp3) is 0.615. The van der Waals surface area contributed by atoms with Crippen LogP contribution in [0.25, 0.3) is 0 Å². The summed E-state index contributed by atoms with van der Waals surface area (Å²) in [6.07, 6.45) is 1.18. The first kappa shape index (κ1) is 13.1. The highest BCUT2D eigenvalue weighted by atomic mass is 16.5. The molecule has 2 heterocycles. The van der Waals surface area contributed by atoms with Gasteiger partial charge in [0.2, 0.25) is 5.91 Å². The van der Waals surface area contributed by atoms with E-state index in [1.807, 2.05) is 26.1 Å². The number of aryl methyl sites for hydroxylation is 1. The Morgan fingerprint density at radius 2 is 2.17 bits per heavy atom. The number of carbonyl (C=O) groups excluding carboxylic acids is 1. The zero-order valence-electron chi connectivity index (χ0n) is 11.0. The summed E-state index contributed by atoms with van der Waals surface area (Å²) in [5.41, 5.74) is 7.60. The fourth-order valence-electron chi connectivity index (χ4n) is 2.15. The number of rotatable bonds is 3. The molecule has 5 nitrogen and oxygen atoms in total. The van der Waals surface area contributed by atoms with Crippen molar-refractivity contribution in [3.8, 4) is 0 Å². The molecule has 0 saturated carbocycles. The van der Waals surface area contributed by atoms with Crippen LogP contribution >= 0.6 is 0 Å². The molecular weight excluding hydrogens is 230 g/mol. The van der Waals surface area contributed by atoms with Gasteiger partial charge in [-0.25, -0.2) is 0 Å². The number of hydrogen-bond donors (Lipinski definition) is 2. The molecule has 1 aromatic rings. The molecule has 0 unspecified atom stereocenters. The van der Waals surface area contributed by atoms with E-state index in [9.17, 15) is 4.79 Å². The Labute approximate surface area is 107 Å². The van der Waals surface area contributed by atoms with Gasteiger partial charge >= 0.3 is 0 Å². The minimum Gasteiger partial charge on any atom is -0.381 e. The van der Waals surface area contributed by atoms with Crippen LogP contribution < -0.4 is 11.1 Å². The Morgan fingerprint density at radius 3 is 2.72 bits per heavy atom. The second kappa shape index (κ2) is 5.12. The maximum Gasteiger partial charge on any atom is 0.240 e. The molecular formula is C13H21N3O2. The van der Waals surface area contributed by atoms with Gasteiger partial charge in [0.15, 0.2) is 0 Å². The highest BCUT2D eigenvalue weighted by Crippen LogP contribution is 2.18. The van der Waals surface area contributed by atoms with Gasteiger partial charge < -0.3 is 20.4 Å². The Kier molecular flexibility index (Phi) is 3.73. The van der Waals surface area contributed by atoms with E-state index in [1.165, 1.54) is 5.69 Å². The highest BCUT2D eigenvalue weighted by molar-refractivity contribution is 5.86. The molecule has 2 rings (SSSR count). The van der Waals surface area contributed by atoms with E-state index in [2.05, 4.69) is 9.88 Å². The largest absolute Gasteiger partial charge is 0.381 e. The summed E-state index contributed by atoms with van der Waals surface area (Å²) < 4.78 is 7.30. The molecule has 1 aliphatic rings. The Hall–Kier alpha value is -1.33. The monoisotopic (exact) mass is 251 g/mol. The van der Waals surface area contributed by atoms with Crippen LogP contribution in [0.1, 0.15) is 24.2 Å². The summed E-state index contributed by atoms with van der Waals surface area (Å²) >= 11 is 0.